The Bertz CT molecular complexity index is 483. The number of phenols is 1. The number of rotatable bonds is 4. The standard InChI is InChI=1S/C15H20O4/c1-10(14(17)19-15(2,3)4)9-11-7-6-8-12(18-5)13(11)16/h6-8,16H,1,9H2,2-5H3. The number of esters is 1. The predicted octanol–water partition coefficient (Wildman–Crippen LogP) is 2.84. The van der Waals surface area contributed by atoms with Crippen LogP contribution >= 0.6 is 0 Å². The number of hydrogen-bond acceptors (Lipinski definition) is 4. The first-order valence-electron chi connectivity index (χ1n) is 6.00. The molecule has 0 radical (unpaired) electrons. The minimum Gasteiger partial charge on any atom is -0.504 e. The number of hydrogen-bond donors (Lipinski definition) is 1. The zero-order valence-corrected chi connectivity index (χ0v) is 11.8. The molecule has 104 valence electrons. The molecule has 1 aromatic rings. The molecule has 4 nitrogen and oxygen atoms in total. The van der Waals surface area contributed by atoms with Gasteiger partial charge in [0.15, 0.2) is 11.5 Å². The Morgan fingerprint density at radius 3 is 2.53 bits per heavy atom. The van der Waals surface area contributed by atoms with Crippen LogP contribution in [-0.4, -0.2) is 23.8 Å². The van der Waals surface area contributed by atoms with Gasteiger partial charge in [0.05, 0.1) is 7.11 Å². The van der Waals surface area contributed by atoms with Crippen LogP contribution in [-0.2, 0) is 16.0 Å². The van der Waals surface area contributed by atoms with E-state index in [0.29, 0.717) is 16.9 Å². The second-order valence-electron chi connectivity index (χ2n) is 5.25. The molecule has 0 bridgehead atoms. The van der Waals surface area contributed by atoms with E-state index >= 15 is 0 Å². The summed E-state index contributed by atoms with van der Waals surface area (Å²) in [7, 11) is 1.47. The summed E-state index contributed by atoms with van der Waals surface area (Å²) in [6.07, 6.45) is 0.220. The lowest BCUT2D eigenvalue weighted by Crippen LogP contribution is -2.25. The monoisotopic (exact) mass is 264 g/mol. The van der Waals surface area contributed by atoms with Crippen molar-refractivity contribution >= 4 is 5.97 Å². The van der Waals surface area contributed by atoms with Crippen molar-refractivity contribution in [3.63, 3.8) is 0 Å². The van der Waals surface area contributed by atoms with Gasteiger partial charge in [-0.05, 0) is 26.8 Å². The van der Waals surface area contributed by atoms with Crippen molar-refractivity contribution in [1.82, 2.24) is 0 Å². The number of ether oxygens (including phenoxy) is 2. The minimum atomic E-state index is -0.559. The van der Waals surface area contributed by atoms with E-state index in [9.17, 15) is 9.90 Å². The van der Waals surface area contributed by atoms with Gasteiger partial charge in [0.2, 0.25) is 0 Å². The van der Waals surface area contributed by atoms with Crippen molar-refractivity contribution in [2.24, 2.45) is 0 Å². The summed E-state index contributed by atoms with van der Waals surface area (Å²) in [6.45, 7) is 9.08. The van der Waals surface area contributed by atoms with Crippen molar-refractivity contribution in [3.8, 4) is 11.5 Å². The van der Waals surface area contributed by atoms with Crippen molar-refractivity contribution in [2.75, 3.05) is 7.11 Å². The molecule has 0 atom stereocenters. The average Bonchev–Trinajstić information content (AvgIpc) is 2.29. The predicted molar refractivity (Wildman–Crippen MR) is 73.3 cm³/mol. The molecule has 0 spiro atoms. The molecule has 0 saturated carbocycles. The normalized spacial score (nSPS) is 10.9. The van der Waals surface area contributed by atoms with Crippen molar-refractivity contribution in [3.05, 3.63) is 35.9 Å². The lowest BCUT2D eigenvalue weighted by molar-refractivity contribution is -0.149. The van der Waals surface area contributed by atoms with Crippen molar-refractivity contribution < 1.29 is 19.4 Å². The fourth-order valence-electron chi connectivity index (χ4n) is 1.53. The van der Waals surface area contributed by atoms with Gasteiger partial charge < -0.3 is 14.6 Å². The highest BCUT2D eigenvalue weighted by Crippen LogP contribution is 2.30. The molecule has 1 N–H and O–H groups in total. The molecule has 0 unspecified atom stereocenters. The number of methoxy groups -OCH3 is 1. The van der Waals surface area contributed by atoms with Crippen LogP contribution < -0.4 is 4.74 Å². The molecule has 0 aliphatic rings. The maximum atomic E-state index is 11.8. The molecule has 1 aromatic carbocycles. The van der Waals surface area contributed by atoms with Crippen LogP contribution in [0.25, 0.3) is 0 Å². The van der Waals surface area contributed by atoms with Gasteiger partial charge in [0.25, 0.3) is 0 Å². The summed E-state index contributed by atoms with van der Waals surface area (Å²) in [5.74, 6) is -0.0704. The highest BCUT2D eigenvalue weighted by atomic mass is 16.6. The lowest BCUT2D eigenvalue weighted by atomic mass is 10.0. The molecular formula is C15H20O4. The summed E-state index contributed by atoms with van der Waals surface area (Å²) in [6, 6.07) is 5.11. The van der Waals surface area contributed by atoms with Crippen LogP contribution in [0.1, 0.15) is 26.3 Å². The van der Waals surface area contributed by atoms with Crippen LogP contribution in [0, 0.1) is 0 Å². The largest absolute Gasteiger partial charge is 0.504 e. The number of phenolic OH excluding ortho intramolecular Hbond substituents is 1. The van der Waals surface area contributed by atoms with Gasteiger partial charge in [-0.3, -0.25) is 0 Å². The fraction of sp³-hybridized carbons (Fsp3) is 0.400. The molecule has 1 rings (SSSR count). The number of benzene rings is 1. The fourth-order valence-corrected chi connectivity index (χ4v) is 1.53. The maximum absolute atomic E-state index is 11.8. The Hall–Kier alpha value is -1.97. The Balaban J connectivity index is 2.80. The van der Waals surface area contributed by atoms with E-state index in [1.807, 2.05) is 0 Å². The van der Waals surface area contributed by atoms with E-state index in [1.54, 1.807) is 39.0 Å². The van der Waals surface area contributed by atoms with Gasteiger partial charge in [0, 0.05) is 17.6 Å². The molecule has 0 heterocycles. The highest BCUT2D eigenvalue weighted by molar-refractivity contribution is 5.88. The van der Waals surface area contributed by atoms with Crippen LogP contribution in [0.2, 0.25) is 0 Å². The van der Waals surface area contributed by atoms with E-state index in [4.69, 9.17) is 9.47 Å². The quantitative estimate of drug-likeness (QED) is 0.671. The Labute approximate surface area is 113 Å². The molecule has 0 aliphatic carbocycles. The van der Waals surface area contributed by atoms with Crippen LogP contribution in [0.3, 0.4) is 0 Å². The Morgan fingerprint density at radius 1 is 1.37 bits per heavy atom. The van der Waals surface area contributed by atoms with Crippen molar-refractivity contribution in [1.29, 1.82) is 0 Å². The van der Waals surface area contributed by atoms with Gasteiger partial charge in [-0.25, -0.2) is 4.79 Å². The van der Waals surface area contributed by atoms with E-state index < -0.39 is 11.6 Å². The topological polar surface area (TPSA) is 55.8 Å². The molecule has 0 saturated heterocycles. The van der Waals surface area contributed by atoms with E-state index in [-0.39, 0.29) is 12.2 Å². The first kappa shape index (κ1) is 15.1. The number of carbonyl (C=O) groups excluding carboxylic acids is 1. The van der Waals surface area contributed by atoms with Gasteiger partial charge in [-0.15, -0.1) is 0 Å². The first-order valence-corrected chi connectivity index (χ1v) is 6.00. The van der Waals surface area contributed by atoms with Crippen LogP contribution in [0.4, 0.5) is 0 Å². The zero-order valence-electron chi connectivity index (χ0n) is 11.8. The summed E-state index contributed by atoms with van der Waals surface area (Å²) < 4.78 is 10.2. The molecule has 0 aromatic heterocycles. The molecule has 0 aliphatic heterocycles. The van der Waals surface area contributed by atoms with E-state index in [2.05, 4.69) is 6.58 Å². The first-order chi connectivity index (χ1) is 8.74. The smallest absolute Gasteiger partial charge is 0.334 e. The third kappa shape index (κ3) is 4.32. The summed E-state index contributed by atoms with van der Waals surface area (Å²) in [5, 5.41) is 9.93. The number of aromatic hydroxyl groups is 1. The summed E-state index contributed by atoms with van der Waals surface area (Å²) in [5.41, 5.74) is 0.310. The molecule has 0 amide bonds. The second kappa shape index (κ2) is 5.78. The second-order valence-corrected chi connectivity index (χ2v) is 5.25. The minimum absolute atomic E-state index is 0.0229. The lowest BCUT2D eigenvalue weighted by Gasteiger charge is -2.20. The third-order valence-electron chi connectivity index (χ3n) is 2.39. The molecule has 0 fully saturated rings. The number of carbonyl (C=O) groups is 1. The molecule has 19 heavy (non-hydrogen) atoms. The highest BCUT2D eigenvalue weighted by Gasteiger charge is 2.20. The van der Waals surface area contributed by atoms with Gasteiger partial charge in [-0.2, -0.15) is 0 Å². The maximum Gasteiger partial charge on any atom is 0.334 e. The van der Waals surface area contributed by atoms with Crippen LogP contribution in [0.15, 0.2) is 30.4 Å². The van der Waals surface area contributed by atoms with Gasteiger partial charge in [-0.1, -0.05) is 18.7 Å². The molecular weight excluding hydrogens is 244 g/mol. The van der Waals surface area contributed by atoms with Gasteiger partial charge >= 0.3 is 5.97 Å². The summed E-state index contributed by atoms with van der Waals surface area (Å²) in [4.78, 5) is 11.8. The summed E-state index contributed by atoms with van der Waals surface area (Å²) >= 11 is 0. The third-order valence-corrected chi connectivity index (χ3v) is 2.39. The number of para-hydroxylation sites is 1. The van der Waals surface area contributed by atoms with Crippen LogP contribution in [0.5, 0.6) is 11.5 Å². The van der Waals surface area contributed by atoms with E-state index in [1.165, 1.54) is 7.11 Å². The van der Waals surface area contributed by atoms with Gasteiger partial charge in [0.1, 0.15) is 5.60 Å². The Morgan fingerprint density at radius 2 is 2.00 bits per heavy atom. The average molecular weight is 264 g/mol. The zero-order chi connectivity index (χ0) is 14.6. The molecule has 4 heteroatoms. The van der Waals surface area contributed by atoms with E-state index in [0.717, 1.165) is 0 Å². The SMILES string of the molecule is C=C(Cc1cccc(OC)c1O)C(=O)OC(C)(C)C. The Kier molecular flexibility index (Phi) is 4.59. The van der Waals surface area contributed by atoms with Crippen molar-refractivity contribution in [2.45, 2.75) is 32.8 Å².